The van der Waals surface area contributed by atoms with Crippen molar-refractivity contribution in [2.24, 2.45) is 11.7 Å². The fourth-order valence-corrected chi connectivity index (χ4v) is 9.08. The van der Waals surface area contributed by atoms with Gasteiger partial charge in [0, 0.05) is 26.1 Å². The van der Waals surface area contributed by atoms with Crippen molar-refractivity contribution in [3.8, 4) is 0 Å². The third-order valence-electron chi connectivity index (χ3n) is 12.7. The number of amides is 8. The minimum Gasteiger partial charge on any atom is -0.480 e. The van der Waals surface area contributed by atoms with Gasteiger partial charge in [-0.05, 0) is 75.3 Å². The summed E-state index contributed by atoms with van der Waals surface area (Å²) >= 11 is 0. The fourth-order valence-electron chi connectivity index (χ4n) is 9.08. The van der Waals surface area contributed by atoms with Crippen LogP contribution in [-0.4, -0.2) is 170 Å². The van der Waals surface area contributed by atoms with Crippen LogP contribution < -0.4 is 32.3 Å². The van der Waals surface area contributed by atoms with Crippen LogP contribution >= 0.6 is 0 Å². The topological polar surface area (TPSA) is 310 Å². The van der Waals surface area contributed by atoms with Crippen LogP contribution in [-0.2, 0) is 56.0 Å². The minimum absolute atomic E-state index is 0.0233. The van der Waals surface area contributed by atoms with E-state index in [4.69, 9.17) is 5.73 Å². The molecule has 8 amide bonds. The molecule has 0 aliphatic carbocycles. The third-order valence-corrected chi connectivity index (χ3v) is 12.7. The van der Waals surface area contributed by atoms with Gasteiger partial charge in [-0.3, -0.25) is 38.4 Å². The zero-order chi connectivity index (χ0) is 50.4. The lowest BCUT2D eigenvalue weighted by Gasteiger charge is -2.33. The Morgan fingerprint density at radius 2 is 1.16 bits per heavy atom. The molecule has 3 fully saturated rings. The number of benzene rings is 2. The zero-order valence-electron chi connectivity index (χ0n) is 39.4. The van der Waals surface area contributed by atoms with Crippen molar-refractivity contribution in [2.75, 3.05) is 32.8 Å². The Morgan fingerprint density at radius 1 is 0.638 bits per heavy atom. The van der Waals surface area contributed by atoms with Crippen LogP contribution in [0, 0.1) is 5.92 Å². The normalized spacial score (nSPS) is 20.5. The number of rotatable bonds is 22. The van der Waals surface area contributed by atoms with Gasteiger partial charge in [-0.1, -0.05) is 74.5 Å². The van der Waals surface area contributed by atoms with Gasteiger partial charge in [-0.2, -0.15) is 0 Å². The van der Waals surface area contributed by atoms with Crippen LogP contribution in [0.25, 0.3) is 0 Å². The van der Waals surface area contributed by atoms with Gasteiger partial charge in [0.15, 0.2) is 0 Å². The van der Waals surface area contributed by atoms with Crippen LogP contribution in [0.2, 0.25) is 0 Å². The van der Waals surface area contributed by atoms with Gasteiger partial charge in [0.25, 0.3) is 0 Å². The summed E-state index contributed by atoms with van der Waals surface area (Å²) in [5.41, 5.74) is 7.78. The van der Waals surface area contributed by atoms with Gasteiger partial charge in [-0.25, -0.2) is 4.79 Å². The van der Waals surface area contributed by atoms with Crippen molar-refractivity contribution < 1.29 is 58.5 Å². The van der Waals surface area contributed by atoms with E-state index < -0.39 is 115 Å². The van der Waals surface area contributed by atoms with E-state index in [1.807, 2.05) is 44.2 Å². The molecule has 2 aromatic rings. The van der Waals surface area contributed by atoms with Gasteiger partial charge < -0.3 is 62.3 Å². The molecule has 3 aliphatic heterocycles. The molecule has 3 heterocycles. The van der Waals surface area contributed by atoms with E-state index in [-0.39, 0.29) is 57.0 Å². The van der Waals surface area contributed by atoms with Crippen molar-refractivity contribution in [1.82, 2.24) is 41.3 Å². The molecule has 0 unspecified atom stereocenters. The molecule has 0 saturated carbocycles. The average Bonchev–Trinajstić information content (AvgIpc) is 4.13. The Kier molecular flexibility index (Phi) is 19.6. The number of carbonyl (C=O) groups is 9. The number of carboxylic acids is 1. The van der Waals surface area contributed by atoms with Crippen LogP contribution in [0.5, 0.6) is 0 Å². The van der Waals surface area contributed by atoms with Crippen LogP contribution in [0.3, 0.4) is 0 Å². The molecule has 9 atom stereocenters. The summed E-state index contributed by atoms with van der Waals surface area (Å²) in [5.74, 6) is -6.91. The van der Waals surface area contributed by atoms with Gasteiger partial charge in [0.2, 0.25) is 47.3 Å². The molecule has 0 bridgehead atoms. The Morgan fingerprint density at radius 3 is 1.72 bits per heavy atom. The van der Waals surface area contributed by atoms with E-state index in [0.29, 0.717) is 37.8 Å². The number of nitrogens with two attached hydrogens (primary N) is 1. The van der Waals surface area contributed by atoms with Crippen molar-refractivity contribution in [3.05, 3.63) is 71.8 Å². The van der Waals surface area contributed by atoms with Crippen molar-refractivity contribution >= 4 is 53.2 Å². The highest BCUT2D eigenvalue weighted by molar-refractivity contribution is 5.98. The summed E-state index contributed by atoms with van der Waals surface area (Å²) in [4.78, 5) is 125. The largest absolute Gasteiger partial charge is 0.480 e. The molecule has 0 spiro atoms. The van der Waals surface area contributed by atoms with E-state index in [2.05, 4.69) is 26.6 Å². The lowest BCUT2D eigenvalue weighted by molar-refractivity contribution is -0.147. The van der Waals surface area contributed by atoms with Crippen molar-refractivity contribution in [3.63, 3.8) is 0 Å². The summed E-state index contributed by atoms with van der Waals surface area (Å²) in [6.07, 6.45) is 1.22. The molecule has 2 aromatic carbocycles. The lowest BCUT2D eigenvalue weighted by Crippen LogP contribution is -2.62. The molecule has 3 saturated heterocycles. The summed E-state index contributed by atoms with van der Waals surface area (Å²) in [6.45, 7) is 4.05. The molecule has 0 radical (unpaired) electrons. The van der Waals surface area contributed by atoms with E-state index >= 15 is 0 Å². The van der Waals surface area contributed by atoms with E-state index in [0.717, 1.165) is 5.56 Å². The number of hydrogen-bond acceptors (Lipinski definition) is 12. The average molecular weight is 962 g/mol. The number of aliphatic carboxylic acids is 1. The Bertz CT molecular complexity index is 2140. The monoisotopic (exact) mass is 961 g/mol. The molecule has 376 valence electrons. The first-order valence-electron chi connectivity index (χ1n) is 23.6. The number of nitrogens with one attached hydrogen (secondary N) is 5. The number of aliphatic hydroxyl groups is 2. The van der Waals surface area contributed by atoms with E-state index in [1.54, 1.807) is 30.3 Å². The molecular weight excluding hydrogens is 895 g/mol. The second-order valence-electron chi connectivity index (χ2n) is 18.4. The second kappa shape index (κ2) is 25.2. The summed E-state index contributed by atoms with van der Waals surface area (Å²) in [7, 11) is 0. The molecular formula is C48H67N9O12. The van der Waals surface area contributed by atoms with E-state index in [9.17, 15) is 58.5 Å². The number of carboxylic acid groups (broad SMARTS) is 1. The first-order chi connectivity index (χ1) is 32.9. The van der Waals surface area contributed by atoms with Crippen LogP contribution in [0.4, 0.5) is 0 Å². The molecule has 21 nitrogen and oxygen atoms in total. The van der Waals surface area contributed by atoms with Gasteiger partial charge in [0.1, 0.15) is 42.3 Å². The zero-order valence-corrected chi connectivity index (χ0v) is 39.4. The number of carbonyl (C=O) groups excluding carboxylic acids is 8. The van der Waals surface area contributed by atoms with Gasteiger partial charge in [-0.15, -0.1) is 0 Å². The quantitative estimate of drug-likeness (QED) is 0.0639. The Labute approximate surface area is 401 Å². The second-order valence-corrected chi connectivity index (χ2v) is 18.4. The number of hydrogen-bond donors (Lipinski definition) is 9. The molecule has 5 rings (SSSR count). The summed E-state index contributed by atoms with van der Waals surface area (Å²) in [5, 5.41) is 43.0. The van der Waals surface area contributed by atoms with Gasteiger partial charge >= 0.3 is 5.97 Å². The minimum atomic E-state index is -1.69. The highest BCUT2D eigenvalue weighted by Gasteiger charge is 2.44. The van der Waals surface area contributed by atoms with Crippen molar-refractivity contribution in [1.29, 1.82) is 0 Å². The van der Waals surface area contributed by atoms with Crippen LogP contribution in [0.1, 0.15) is 76.8 Å². The van der Waals surface area contributed by atoms with E-state index in [1.165, 1.54) is 21.6 Å². The SMILES string of the molecule is CC(C)C[C@H](NC(=O)[C@@H]1CCCN1C(=O)CNC(=O)[C@H](Cc1ccccc1)NC(=O)[C@H](CO)NC(=O)[C@@H](NC(=O)[C@@H]1CCCN1C(=O)[C@@H]1CCCN1C(=O)[C@@H](N)Cc1ccccc1)[C@@H](C)O)C(=O)O. The first-order valence-corrected chi connectivity index (χ1v) is 23.6. The Hall–Kier alpha value is -6.45. The molecule has 3 aliphatic rings. The maximum absolute atomic E-state index is 14.0. The lowest BCUT2D eigenvalue weighted by atomic mass is 10.0. The summed E-state index contributed by atoms with van der Waals surface area (Å²) < 4.78 is 0. The number of aliphatic hydroxyl groups excluding tert-OH is 2. The number of nitrogens with zero attached hydrogens (tertiary/aromatic N) is 3. The molecule has 21 heteroatoms. The van der Waals surface area contributed by atoms with Gasteiger partial charge in [0.05, 0.1) is 25.3 Å². The predicted octanol–water partition coefficient (Wildman–Crippen LogP) is -1.67. The van der Waals surface area contributed by atoms with Crippen LogP contribution in [0.15, 0.2) is 60.7 Å². The predicted molar refractivity (Wildman–Crippen MR) is 249 cm³/mol. The highest BCUT2D eigenvalue weighted by atomic mass is 16.4. The standard InChI is InChI=1S/C48H67N9O12/c1-28(2)23-34(48(68)69)52-43(63)36-17-10-20-55(36)39(60)26-50-41(61)33(25-31-15-8-5-9-16-31)51-42(62)35(27-58)53-45(65)40(29(3)59)54-44(64)37-18-11-21-56(37)47(67)38-19-12-22-57(38)46(66)32(49)24-30-13-6-4-7-14-30/h4-9,13-16,28-29,32-38,40,58-59H,10-12,17-27,49H2,1-3H3,(H,50,61)(H,51,62)(H,52,63)(H,53,65)(H,54,64)(H,68,69)/t29-,32+,33+,34+,35+,36+,37+,38+,40+/m1/s1. The summed E-state index contributed by atoms with van der Waals surface area (Å²) in [6, 6.07) is 8.23. The third kappa shape index (κ3) is 14.5. The maximum atomic E-state index is 14.0. The fraction of sp³-hybridized carbons (Fsp3) is 0.562. The Balaban J connectivity index is 1.19. The smallest absolute Gasteiger partial charge is 0.326 e. The molecule has 0 aromatic heterocycles. The molecule has 10 N–H and O–H groups in total. The molecule has 69 heavy (non-hydrogen) atoms. The maximum Gasteiger partial charge on any atom is 0.326 e. The number of likely N-dealkylation sites (tertiary alicyclic amines) is 3. The van der Waals surface area contributed by atoms with Crippen molar-refractivity contribution in [2.45, 2.75) is 133 Å². The first kappa shape index (κ1) is 53.5. The highest BCUT2D eigenvalue weighted by Crippen LogP contribution is 2.26.